The fourth-order valence-electron chi connectivity index (χ4n) is 1.55. The summed E-state index contributed by atoms with van der Waals surface area (Å²) in [7, 11) is -1.70. The lowest BCUT2D eigenvalue weighted by atomic mass is 10.2. The van der Waals surface area contributed by atoms with Crippen LogP contribution in [0.15, 0.2) is 29.2 Å². The van der Waals surface area contributed by atoms with Crippen molar-refractivity contribution in [2.24, 2.45) is 0 Å². The highest BCUT2D eigenvalue weighted by molar-refractivity contribution is 7.91. The summed E-state index contributed by atoms with van der Waals surface area (Å²) >= 11 is 0. The number of benzene rings is 1. The fourth-order valence-corrected chi connectivity index (χ4v) is 2.79. The number of nitrogens with one attached hydrogen (secondary N) is 1. The molecule has 0 aliphatic rings. The number of nitrogens with zero attached hydrogens (tertiary/aromatic N) is 1. The van der Waals surface area contributed by atoms with Gasteiger partial charge in [0.1, 0.15) is 0 Å². The maximum atomic E-state index is 12.0. The fraction of sp³-hybridized carbons (Fsp3) is 0.462. The van der Waals surface area contributed by atoms with E-state index in [0.717, 1.165) is 13.0 Å². The molecule has 0 radical (unpaired) electrons. The van der Waals surface area contributed by atoms with Crippen LogP contribution >= 0.6 is 0 Å². The Balaban J connectivity index is 2.49. The van der Waals surface area contributed by atoms with Gasteiger partial charge in [-0.1, -0.05) is 6.07 Å². The number of hydrogen-bond donors (Lipinski definition) is 1. The first-order valence-corrected chi connectivity index (χ1v) is 7.68. The highest BCUT2D eigenvalue weighted by atomic mass is 32.2. The number of sulfone groups is 1. The predicted octanol–water partition coefficient (Wildman–Crippen LogP) is 0.958. The lowest BCUT2D eigenvalue weighted by molar-refractivity contribution is 0.194. The Labute approximate surface area is 114 Å². The molecule has 0 fully saturated rings. The highest BCUT2D eigenvalue weighted by Crippen LogP contribution is 2.12. The van der Waals surface area contributed by atoms with E-state index in [0.29, 0.717) is 18.7 Å². The van der Waals surface area contributed by atoms with Gasteiger partial charge in [0.25, 0.3) is 0 Å². The molecule has 0 saturated heterocycles. The zero-order valence-corrected chi connectivity index (χ0v) is 11.7. The summed E-state index contributed by atoms with van der Waals surface area (Å²) in [6, 6.07) is 8.02. The molecule has 1 N–H and O–H groups in total. The quantitative estimate of drug-likeness (QED) is 0.718. The maximum Gasteiger partial charge on any atom is 0.179 e. The Morgan fingerprint density at radius 3 is 2.84 bits per heavy atom. The zero-order chi connectivity index (χ0) is 14.1. The molecule has 19 heavy (non-hydrogen) atoms. The van der Waals surface area contributed by atoms with Crippen molar-refractivity contribution in [2.75, 3.05) is 32.6 Å². The summed E-state index contributed by atoms with van der Waals surface area (Å²) in [5, 5.41) is 11.8. The Bertz CT molecular complexity index is 535. The smallest absolute Gasteiger partial charge is 0.179 e. The van der Waals surface area contributed by atoms with Crippen LogP contribution in [0.1, 0.15) is 12.0 Å². The van der Waals surface area contributed by atoms with Crippen LogP contribution in [0.2, 0.25) is 0 Å². The molecule has 6 heteroatoms. The molecule has 0 amide bonds. The molecule has 1 rings (SSSR count). The van der Waals surface area contributed by atoms with E-state index in [1.807, 2.05) is 6.07 Å². The number of rotatable bonds is 8. The summed E-state index contributed by atoms with van der Waals surface area (Å²) < 4.78 is 28.9. The van der Waals surface area contributed by atoms with Crippen LogP contribution in [0.4, 0.5) is 0 Å². The summed E-state index contributed by atoms with van der Waals surface area (Å²) in [5.41, 5.74) is 0.356. The molecule has 0 spiro atoms. The monoisotopic (exact) mass is 282 g/mol. The SMILES string of the molecule is COCCCNCCS(=O)(=O)c1cccc(C#N)c1. The van der Waals surface area contributed by atoms with Gasteiger partial charge in [-0.25, -0.2) is 8.42 Å². The summed E-state index contributed by atoms with van der Waals surface area (Å²) in [6.45, 7) is 1.77. The van der Waals surface area contributed by atoms with E-state index in [-0.39, 0.29) is 10.6 Å². The molecular formula is C13H18N2O3S. The topological polar surface area (TPSA) is 79.2 Å². The van der Waals surface area contributed by atoms with Crippen LogP contribution in [0.3, 0.4) is 0 Å². The van der Waals surface area contributed by atoms with Gasteiger partial charge in [-0.3, -0.25) is 0 Å². The van der Waals surface area contributed by atoms with Crippen molar-refractivity contribution in [1.82, 2.24) is 5.32 Å². The predicted molar refractivity (Wildman–Crippen MR) is 72.6 cm³/mol. The van der Waals surface area contributed by atoms with Crippen molar-refractivity contribution in [3.05, 3.63) is 29.8 Å². The van der Waals surface area contributed by atoms with Gasteiger partial charge in [-0.15, -0.1) is 0 Å². The lowest BCUT2D eigenvalue weighted by Gasteiger charge is -2.06. The number of nitriles is 1. The molecule has 104 valence electrons. The first-order chi connectivity index (χ1) is 9.10. The molecule has 0 saturated carbocycles. The standard InChI is InChI=1S/C13H18N2O3S/c1-18-8-3-6-15-7-9-19(16,17)13-5-2-4-12(10-13)11-14/h2,4-5,10,15H,3,6-9H2,1H3. The first kappa shape index (κ1) is 15.6. The lowest BCUT2D eigenvalue weighted by Crippen LogP contribution is -2.24. The van der Waals surface area contributed by atoms with Gasteiger partial charge >= 0.3 is 0 Å². The van der Waals surface area contributed by atoms with Gasteiger partial charge in [0.2, 0.25) is 0 Å². The molecule has 0 bridgehead atoms. The minimum Gasteiger partial charge on any atom is -0.385 e. The number of hydrogen-bond acceptors (Lipinski definition) is 5. The largest absolute Gasteiger partial charge is 0.385 e. The van der Waals surface area contributed by atoms with Crippen molar-refractivity contribution in [3.8, 4) is 6.07 Å². The van der Waals surface area contributed by atoms with Crippen molar-refractivity contribution in [2.45, 2.75) is 11.3 Å². The zero-order valence-electron chi connectivity index (χ0n) is 10.9. The Morgan fingerprint density at radius 1 is 1.37 bits per heavy atom. The molecule has 1 aromatic rings. The van der Waals surface area contributed by atoms with E-state index in [4.69, 9.17) is 10.00 Å². The maximum absolute atomic E-state index is 12.0. The van der Waals surface area contributed by atoms with Crippen LogP contribution in [-0.4, -0.2) is 41.0 Å². The molecular weight excluding hydrogens is 264 g/mol. The second kappa shape index (κ2) is 7.89. The Hall–Kier alpha value is -1.42. The van der Waals surface area contributed by atoms with Crippen LogP contribution in [0, 0.1) is 11.3 Å². The van der Waals surface area contributed by atoms with Crippen LogP contribution < -0.4 is 5.32 Å². The third kappa shape index (κ3) is 5.39. The van der Waals surface area contributed by atoms with Crippen molar-refractivity contribution in [1.29, 1.82) is 5.26 Å². The minimum absolute atomic E-state index is 0.0227. The normalized spacial score (nSPS) is 11.2. The van der Waals surface area contributed by atoms with Gasteiger partial charge in [-0.2, -0.15) is 5.26 Å². The molecule has 0 aliphatic heterocycles. The van der Waals surface area contributed by atoms with E-state index in [9.17, 15) is 8.42 Å². The summed E-state index contributed by atoms with van der Waals surface area (Å²) in [6.07, 6.45) is 0.848. The van der Waals surface area contributed by atoms with Crippen LogP contribution in [0.25, 0.3) is 0 Å². The molecule has 0 aromatic heterocycles. The van der Waals surface area contributed by atoms with Gasteiger partial charge in [-0.05, 0) is 31.2 Å². The van der Waals surface area contributed by atoms with Crippen LogP contribution in [0.5, 0.6) is 0 Å². The van der Waals surface area contributed by atoms with Crippen LogP contribution in [-0.2, 0) is 14.6 Å². The molecule has 0 atom stereocenters. The minimum atomic E-state index is -3.33. The third-order valence-electron chi connectivity index (χ3n) is 2.57. The van der Waals surface area contributed by atoms with E-state index >= 15 is 0 Å². The van der Waals surface area contributed by atoms with Crippen molar-refractivity contribution >= 4 is 9.84 Å². The van der Waals surface area contributed by atoms with E-state index in [2.05, 4.69) is 5.32 Å². The first-order valence-electron chi connectivity index (χ1n) is 6.03. The third-order valence-corrected chi connectivity index (χ3v) is 4.29. The van der Waals surface area contributed by atoms with Gasteiger partial charge in [0.05, 0.1) is 22.3 Å². The van der Waals surface area contributed by atoms with E-state index in [1.54, 1.807) is 19.2 Å². The summed E-state index contributed by atoms with van der Waals surface area (Å²) in [5.74, 6) is 0.0227. The van der Waals surface area contributed by atoms with Crippen molar-refractivity contribution in [3.63, 3.8) is 0 Å². The molecule has 0 heterocycles. The molecule has 0 unspecified atom stereocenters. The summed E-state index contributed by atoms with van der Waals surface area (Å²) in [4.78, 5) is 0.199. The molecule has 1 aromatic carbocycles. The van der Waals surface area contributed by atoms with E-state index in [1.165, 1.54) is 12.1 Å². The van der Waals surface area contributed by atoms with Gasteiger partial charge in [0, 0.05) is 20.3 Å². The molecule has 5 nitrogen and oxygen atoms in total. The second-order valence-electron chi connectivity index (χ2n) is 4.05. The number of methoxy groups -OCH3 is 1. The second-order valence-corrected chi connectivity index (χ2v) is 6.16. The Kier molecular flexibility index (Phi) is 6.50. The van der Waals surface area contributed by atoms with Gasteiger partial charge in [0.15, 0.2) is 9.84 Å². The number of ether oxygens (including phenoxy) is 1. The Morgan fingerprint density at radius 2 is 2.16 bits per heavy atom. The average Bonchev–Trinajstić information content (AvgIpc) is 2.43. The molecule has 0 aliphatic carbocycles. The van der Waals surface area contributed by atoms with E-state index < -0.39 is 9.84 Å². The highest BCUT2D eigenvalue weighted by Gasteiger charge is 2.14. The van der Waals surface area contributed by atoms with Gasteiger partial charge < -0.3 is 10.1 Å². The van der Waals surface area contributed by atoms with Crippen molar-refractivity contribution < 1.29 is 13.2 Å². The average molecular weight is 282 g/mol.